The standard InChI is InChI=1S/C24H21Cl2NO3/c1-16-4-3-5-18(14-16)8-11-22-20(25)15-21(26)23(28)27(22)13-12-17-6-9-19(10-7-17)24(29)30-2/h3-11,14-15H,12-13H2,1-2H3/b11-8+. The second-order valence-electron chi connectivity index (χ2n) is 6.87. The number of ether oxygens (including phenoxy) is 1. The smallest absolute Gasteiger partial charge is 0.337 e. The van der Waals surface area contributed by atoms with E-state index in [2.05, 4.69) is 0 Å². The topological polar surface area (TPSA) is 48.3 Å². The summed E-state index contributed by atoms with van der Waals surface area (Å²) in [5, 5.41) is 0.485. The third kappa shape index (κ3) is 5.21. The van der Waals surface area contributed by atoms with Crippen LogP contribution in [-0.2, 0) is 17.7 Å². The Kier molecular flexibility index (Phi) is 7.14. The van der Waals surface area contributed by atoms with Gasteiger partial charge in [-0.05, 0) is 48.7 Å². The fraction of sp³-hybridized carbons (Fsp3) is 0.167. The van der Waals surface area contributed by atoms with Crippen LogP contribution < -0.4 is 5.56 Å². The van der Waals surface area contributed by atoms with Crippen molar-refractivity contribution < 1.29 is 9.53 Å². The summed E-state index contributed by atoms with van der Waals surface area (Å²) in [6, 6.07) is 16.6. The lowest BCUT2D eigenvalue weighted by molar-refractivity contribution is 0.0600. The van der Waals surface area contributed by atoms with E-state index in [9.17, 15) is 9.59 Å². The third-order valence-electron chi connectivity index (χ3n) is 4.71. The second kappa shape index (κ2) is 9.79. The van der Waals surface area contributed by atoms with Crippen molar-refractivity contribution in [2.45, 2.75) is 19.9 Å². The summed E-state index contributed by atoms with van der Waals surface area (Å²) in [6.45, 7) is 2.41. The lowest BCUT2D eigenvalue weighted by Crippen LogP contribution is -2.24. The lowest BCUT2D eigenvalue weighted by atomic mass is 10.1. The van der Waals surface area contributed by atoms with Crippen molar-refractivity contribution in [2.24, 2.45) is 0 Å². The number of hydrogen-bond acceptors (Lipinski definition) is 3. The van der Waals surface area contributed by atoms with Gasteiger partial charge in [0.1, 0.15) is 5.02 Å². The number of aromatic nitrogens is 1. The number of esters is 1. The molecule has 0 N–H and O–H groups in total. The highest BCUT2D eigenvalue weighted by Crippen LogP contribution is 2.21. The number of pyridine rings is 1. The molecule has 154 valence electrons. The minimum atomic E-state index is -0.386. The monoisotopic (exact) mass is 441 g/mol. The maximum Gasteiger partial charge on any atom is 0.337 e. The first-order valence-corrected chi connectivity index (χ1v) is 10.2. The van der Waals surface area contributed by atoms with Crippen molar-refractivity contribution in [3.8, 4) is 0 Å². The van der Waals surface area contributed by atoms with Gasteiger partial charge in [0, 0.05) is 6.54 Å². The largest absolute Gasteiger partial charge is 0.465 e. The zero-order valence-corrected chi connectivity index (χ0v) is 18.2. The van der Waals surface area contributed by atoms with Gasteiger partial charge in [-0.2, -0.15) is 0 Å². The van der Waals surface area contributed by atoms with Crippen LogP contribution in [0.4, 0.5) is 0 Å². The summed E-state index contributed by atoms with van der Waals surface area (Å²) in [7, 11) is 1.34. The van der Waals surface area contributed by atoms with Gasteiger partial charge in [0.25, 0.3) is 5.56 Å². The fourth-order valence-electron chi connectivity index (χ4n) is 3.12. The number of aryl methyl sites for hydroxylation is 2. The van der Waals surface area contributed by atoms with Crippen LogP contribution in [0.25, 0.3) is 12.2 Å². The van der Waals surface area contributed by atoms with Crippen molar-refractivity contribution in [1.82, 2.24) is 4.57 Å². The molecule has 6 heteroatoms. The summed E-state index contributed by atoms with van der Waals surface area (Å²) >= 11 is 12.5. The maximum atomic E-state index is 12.7. The molecular formula is C24H21Cl2NO3. The number of carbonyl (C=O) groups excluding carboxylic acids is 1. The minimum absolute atomic E-state index is 0.0775. The molecule has 2 aromatic carbocycles. The van der Waals surface area contributed by atoms with E-state index in [4.69, 9.17) is 27.9 Å². The molecule has 0 radical (unpaired) electrons. The predicted octanol–water partition coefficient (Wildman–Crippen LogP) is 5.66. The van der Waals surface area contributed by atoms with Gasteiger partial charge in [-0.3, -0.25) is 4.79 Å². The van der Waals surface area contributed by atoms with Crippen LogP contribution in [0.2, 0.25) is 10.0 Å². The molecule has 0 fully saturated rings. The molecule has 0 bridgehead atoms. The number of halogens is 2. The van der Waals surface area contributed by atoms with Crippen LogP contribution in [0.3, 0.4) is 0 Å². The van der Waals surface area contributed by atoms with Crippen LogP contribution in [-0.4, -0.2) is 17.6 Å². The molecular weight excluding hydrogens is 421 g/mol. The van der Waals surface area contributed by atoms with Gasteiger partial charge in [0.15, 0.2) is 0 Å². The molecule has 1 aromatic heterocycles. The molecule has 3 rings (SSSR count). The molecule has 0 saturated carbocycles. The van der Waals surface area contributed by atoms with Gasteiger partial charge >= 0.3 is 5.97 Å². The van der Waals surface area contributed by atoms with Gasteiger partial charge < -0.3 is 9.30 Å². The Balaban J connectivity index is 1.88. The molecule has 4 nitrogen and oxygen atoms in total. The van der Waals surface area contributed by atoms with E-state index in [0.29, 0.717) is 29.2 Å². The van der Waals surface area contributed by atoms with Crippen LogP contribution in [0.15, 0.2) is 59.4 Å². The molecule has 1 heterocycles. The van der Waals surface area contributed by atoms with E-state index in [1.54, 1.807) is 16.7 Å². The summed E-state index contributed by atoms with van der Waals surface area (Å²) in [5.41, 5.74) is 3.91. The Labute approximate surface area is 185 Å². The highest BCUT2D eigenvalue weighted by molar-refractivity contribution is 6.35. The second-order valence-corrected chi connectivity index (χ2v) is 7.68. The summed E-state index contributed by atoms with van der Waals surface area (Å²) in [5.74, 6) is -0.386. The Morgan fingerprint density at radius 3 is 2.43 bits per heavy atom. The van der Waals surface area contributed by atoms with Crippen molar-refractivity contribution in [3.63, 3.8) is 0 Å². The van der Waals surface area contributed by atoms with Crippen LogP contribution in [0.5, 0.6) is 0 Å². The average molecular weight is 442 g/mol. The minimum Gasteiger partial charge on any atom is -0.465 e. The predicted molar refractivity (Wildman–Crippen MR) is 122 cm³/mol. The fourth-order valence-corrected chi connectivity index (χ4v) is 3.66. The highest BCUT2D eigenvalue weighted by atomic mass is 35.5. The quantitative estimate of drug-likeness (QED) is 0.463. The van der Waals surface area contributed by atoms with E-state index in [1.165, 1.54) is 13.2 Å². The van der Waals surface area contributed by atoms with E-state index >= 15 is 0 Å². The molecule has 0 amide bonds. The SMILES string of the molecule is COC(=O)c1ccc(CCn2c(/C=C/c3cccc(C)c3)c(Cl)cc(Cl)c2=O)cc1. The van der Waals surface area contributed by atoms with Crippen LogP contribution in [0, 0.1) is 6.92 Å². The van der Waals surface area contributed by atoms with E-state index in [-0.39, 0.29) is 16.6 Å². The molecule has 0 aliphatic carbocycles. The van der Waals surface area contributed by atoms with Gasteiger partial charge in [-0.15, -0.1) is 0 Å². The first-order chi connectivity index (χ1) is 14.4. The first-order valence-electron chi connectivity index (χ1n) is 9.40. The lowest BCUT2D eigenvalue weighted by Gasteiger charge is -2.13. The number of benzene rings is 2. The summed E-state index contributed by atoms with van der Waals surface area (Å²) in [6.07, 6.45) is 4.32. The zero-order valence-electron chi connectivity index (χ0n) is 16.7. The molecule has 0 spiro atoms. The van der Waals surface area contributed by atoms with Gasteiger partial charge in [0.2, 0.25) is 0 Å². The van der Waals surface area contributed by atoms with Crippen molar-refractivity contribution >= 4 is 41.3 Å². The van der Waals surface area contributed by atoms with Gasteiger partial charge in [-0.25, -0.2) is 4.79 Å². The first kappa shape index (κ1) is 21.9. The van der Waals surface area contributed by atoms with Crippen molar-refractivity contribution in [2.75, 3.05) is 7.11 Å². The number of methoxy groups -OCH3 is 1. The van der Waals surface area contributed by atoms with Crippen LogP contribution in [0.1, 0.15) is 32.7 Å². The summed E-state index contributed by atoms with van der Waals surface area (Å²) < 4.78 is 6.29. The number of nitrogens with zero attached hydrogens (tertiary/aromatic N) is 1. The number of hydrogen-bond donors (Lipinski definition) is 0. The Bertz CT molecular complexity index is 1150. The average Bonchev–Trinajstić information content (AvgIpc) is 2.74. The normalized spacial score (nSPS) is 11.1. The molecule has 30 heavy (non-hydrogen) atoms. The van der Waals surface area contributed by atoms with Crippen molar-refractivity contribution in [3.05, 3.63) is 103 Å². The molecule has 0 saturated heterocycles. The Morgan fingerprint density at radius 1 is 1.03 bits per heavy atom. The van der Waals surface area contributed by atoms with Gasteiger partial charge in [0.05, 0.1) is 23.4 Å². The zero-order chi connectivity index (χ0) is 21.7. The molecule has 0 atom stereocenters. The third-order valence-corrected chi connectivity index (χ3v) is 5.29. The molecule has 3 aromatic rings. The summed E-state index contributed by atoms with van der Waals surface area (Å²) in [4.78, 5) is 24.3. The molecule has 0 unspecified atom stereocenters. The highest BCUT2D eigenvalue weighted by Gasteiger charge is 2.11. The Morgan fingerprint density at radius 2 is 1.77 bits per heavy atom. The van der Waals surface area contributed by atoms with E-state index in [0.717, 1.165) is 16.7 Å². The van der Waals surface area contributed by atoms with Crippen molar-refractivity contribution in [1.29, 1.82) is 0 Å². The Hall–Kier alpha value is -2.82. The van der Waals surface area contributed by atoms with Gasteiger partial charge in [-0.1, -0.05) is 71.2 Å². The number of carbonyl (C=O) groups is 1. The van der Waals surface area contributed by atoms with Crippen LogP contribution >= 0.6 is 23.2 Å². The van der Waals surface area contributed by atoms with E-state index < -0.39 is 0 Å². The van der Waals surface area contributed by atoms with E-state index in [1.807, 2.05) is 55.5 Å². The molecule has 0 aliphatic rings. The molecule has 0 aliphatic heterocycles. The maximum absolute atomic E-state index is 12.7. The number of rotatable bonds is 6.